The van der Waals surface area contributed by atoms with Crippen LogP contribution in [0.15, 0.2) is 64.2 Å². The Morgan fingerprint density at radius 1 is 1.10 bits per heavy atom. The van der Waals surface area contributed by atoms with Gasteiger partial charge in [0.05, 0.1) is 5.75 Å². The number of aromatic nitrogens is 2. The number of alkyl halides is 2. The predicted molar refractivity (Wildman–Crippen MR) is 106 cm³/mol. The molecule has 0 aliphatic carbocycles. The number of nitrogens with zero attached hydrogens (tertiary/aromatic N) is 3. The molecule has 0 N–H and O–H groups in total. The Kier molecular flexibility index (Phi) is 6.82. The first-order valence-corrected chi connectivity index (χ1v) is 9.81. The topological polar surface area (TPSA) is 68.5 Å². The van der Waals surface area contributed by atoms with Crippen LogP contribution in [0.5, 0.6) is 5.75 Å². The van der Waals surface area contributed by atoms with Gasteiger partial charge in [-0.25, -0.2) is 0 Å². The highest BCUT2D eigenvalue weighted by Crippen LogP contribution is 2.26. The molecule has 3 rings (SSSR count). The van der Waals surface area contributed by atoms with Crippen LogP contribution in [0.25, 0.3) is 11.5 Å². The smallest absolute Gasteiger partial charge is 0.387 e. The second-order valence-corrected chi connectivity index (χ2v) is 7.18. The number of amides is 1. The van der Waals surface area contributed by atoms with Crippen molar-refractivity contribution in [3.05, 3.63) is 54.6 Å². The number of hydrogen-bond donors (Lipinski definition) is 0. The van der Waals surface area contributed by atoms with Gasteiger partial charge in [0, 0.05) is 17.3 Å². The molecule has 29 heavy (non-hydrogen) atoms. The first-order valence-electron chi connectivity index (χ1n) is 8.82. The first-order chi connectivity index (χ1) is 13.9. The molecule has 2 aromatic carbocycles. The zero-order valence-corrected chi connectivity index (χ0v) is 16.6. The number of rotatable bonds is 8. The zero-order valence-electron chi connectivity index (χ0n) is 15.8. The van der Waals surface area contributed by atoms with Gasteiger partial charge in [0.2, 0.25) is 11.8 Å². The maximum absolute atomic E-state index is 12.7. The lowest BCUT2D eigenvalue weighted by Crippen LogP contribution is -2.38. The molecular weight excluding hydrogens is 400 g/mol. The second kappa shape index (κ2) is 9.51. The molecule has 152 valence electrons. The normalized spacial score (nSPS) is 11.1. The molecule has 1 aromatic heterocycles. The Morgan fingerprint density at radius 2 is 1.79 bits per heavy atom. The molecule has 0 aliphatic heterocycles. The lowest BCUT2D eigenvalue weighted by Gasteiger charge is -2.26. The molecule has 1 amide bonds. The number of halogens is 2. The van der Waals surface area contributed by atoms with E-state index in [-0.39, 0.29) is 34.6 Å². The lowest BCUT2D eigenvalue weighted by molar-refractivity contribution is -0.116. The van der Waals surface area contributed by atoms with Crippen LogP contribution >= 0.6 is 11.8 Å². The summed E-state index contributed by atoms with van der Waals surface area (Å²) in [5.41, 5.74) is 1.39. The van der Waals surface area contributed by atoms with E-state index in [1.807, 2.05) is 44.2 Å². The number of ether oxygens (including phenoxy) is 1. The number of thioether (sulfide) groups is 1. The fourth-order valence-electron chi connectivity index (χ4n) is 2.68. The quantitative estimate of drug-likeness (QED) is 0.485. The van der Waals surface area contributed by atoms with Crippen molar-refractivity contribution in [3.8, 4) is 17.2 Å². The van der Waals surface area contributed by atoms with Crippen molar-refractivity contribution in [2.75, 3.05) is 10.7 Å². The van der Waals surface area contributed by atoms with Crippen molar-refractivity contribution in [3.63, 3.8) is 0 Å². The molecule has 6 nitrogen and oxygen atoms in total. The van der Waals surface area contributed by atoms with Crippen LogP contribution in [-0.2, 0) is 4.79 Å². The predicted octanol–water partition coefficient (Wildman–Crippen LogP) is 4.87. The van der Waals surface area contributed by atoms with Gasteiger partial charge < -0.3 is 14.1 Å². The Balaban J connectivity index is 1.63. The third-order valence-corrected chi connectivity index (χ3v) is 4.67. The number of benzene rings is 2. The molecule has 1 heterocycles. The van der Waals surface area contributed by atoms with E-state index in [0.717, 1.165) is 17.4 Å². The highest BCUT2D eigenvalue weighted by atomic mass is 32.2. The summed E-state index contributed by atoms with van der Waals surface area (Å²) in [4.78, 5) is 14.4. The van der Waals surface area contributed by atoms with E-state index in [9.17, 15) is 13.6 Å². The Hall–Kier alpha value is -2.94. The number of para-hydroxylation sites is 1. The van der Waals surface area contributed by atoms with E-state index >= 15 is 0 Å². The van der Waals surface area contributed by atoms with Crippen LogP contribution in [0, 0.1) is 0 Å². The highest BCUT2D eigenvalue weighted by molar-refractivity contribution is 7.99. The van der Waals surface area contributed by atoms with Gasteiger partial charge in [0.15, 0.2) is 0 Å². The Morgan fingerprint density at radius 3 is 2.41 bits per heavy atom. The van der Waals surface area contributed by atoms with E-state index in [1.54, 1.807) is 17.0 Å². The number of carbonyl (C=O) groups is 1. The van der Waals surface area contributed by atoms with E-state index in [1.165, 1.54) is 12.1 Å². The standard InChI is InChI=1S/C20H19F2N3O3S/c1-13(2)25(15-6-4-3-5-7-15)17(26)12-29-20-24-23-18(28-20)14-8-10-16(11-9-14)27-19(21)22/h3-11,13,19H,12H2,1-2H3. The Labute approximate surface area is 170 Å². The van der Waals surface area contributed by atoms with Gasteiger partial charge in [0.1, 0.15) is 5.75 Å². The molecule has 0 atom stereocenters. The molecule has 0 unspecified atom stereocenters. The molecule has 3 aromatic rings. The van der Waals surface area contributed by atoms with Crippen LogP contribution in [-0.4, -0.2) is 34.5 Å². The maximum atomic E-state index is 12.7. The van der Waals surface area contributed by atoms with Crippen molar-refractivity contribution < 1.29 is 22.7 Å². The number of hydrogen-bond acceptors (Lipinski definition) is 6. The summed E-state index contributed by atoms with van der Waals surface area (Å²) in [5, 5.41) is 8.13. The monoisotopic (exact) mass is 419 g/mol. The van der Waals surface area contributed by atoms with E-state index in [0.29, 0.717) is 5.56 Å². The molecule has 0 bridgehead atoms. The first kappa shape index (κ1) is 20.8. The van der Waals surface area contributed by atoms with Crippen LogP contribution in [0.4, 0.5) is 14.5 Å². The minimum Gasteiger partial charge on any atom is -0.435 e. The largest absolute Gasteiger partial charge is 0.435 e. The maximum Gasteiger partial charge on any atom is 0.387 e. The molecule has 0 fully saturated rings. The van der Waals surface area contributed by atoms with Gasteiger partial charge in [0.25, 0.3) is 5.22 Å². The molecular formula is C20H19F2N3O3S. The average Bonchev–Trinajstić information content (AvgIpc) is 3.16. The summed E-state index contributed by atoms with van der Waals surface area (Å²) in [6.45, 7) is 1.01. The third kappa shape index (κ3) is 5.54. The summed E-state index contributed by atoms with van der Waals surface area (Å²) in [7, 11) is 0. The molecule has 0 radical (unpaired) electrons. The van der Waals surface area contributed by atoms with E-state index < -0.39 is 6.61 Å². The van der Waals surface area contributed by atoms with Crippen molar-refractivity contribution in [1.82, 2.24) is 10.2 Å². The summed E-state index contributed by atoms with van der Waals surface area (Å²) in [6.07, 6.45) is 0. The minimum absolute atomic E-state index is 0.00211. The SMILES string of the molecule is CC(C)N(C(=O)CSc1nnc(-c2ccc(OC(F)F)cc2)o1)c1ccccc1. The number of anilines is 1. The van der Waals surface area contributed by atoms with Gasteiger partial charge in [-0.15, -0.1) is 10.2 Å². The Bertz CT molecular complexity index is 934. The molecule has 9 heteroatoms. The highest BCUT2D eigenvalue weighted by Gasteiger charge is 2.20. The third-order valence-electron chi connectivity index (χ3n) is 3.87. The van der Waals surface area contributed by atoms with Gasteiger partial charge in [-0.1, -0.05) is 30.0 Å². The van der Waals surface area contributed by atoms with Crippen LogP contribution in [0.3, 0.4) is 0 Å². The van der Waals surface area contributed by atoms with E-state index in [4.69, 9.17) is 4.42 Å². The summed E-state index contributed by atoms with van der Waals surface area (Å²) in [6, 6.07) is 15.3. The molecule has 0 saturated carbocycles. The van der Waals surface area contributed by atoms with Crippen LogP contribution in [0.1, 0.15) is 13.8 Å². The lowest BCUT2D eigenvalue weighted by atomic mass is 10.2. The van der Waals surface area contributed by atoms with Crippen molar-refractivity contribution in [2.24, 2.45) is 0 Å². The number of carbonyl (C=O) groups excluding carboxylic acids is 1. The van der Waals surface area contributed by atoms with Crippen LogP contribution < -0.4 is 9.64 Å². The van der Waals surface area contributed by atoms with Gasteiger partial charge in [-0.05, 0) is 50.2 Å². The van der Waals surface area contributed by atoms with Gasteiger partial charge in [-0.3, -0.25) is 4.79 Å². The fraction of sp³-hybridized carbons (Fsp3) is 0.250. The van der Waals surface area contributed by atoms with E-state index in [2.05, 4.69) is 14.9 Å². The summed E-state index contributed by atoms with van der Waals surface area (Å²) < 4.78 is 34.3. The molecule has 0 saturated heterocycles. The van der Waals surface area contributed by atoms with Crippen molar-refractivity contribution in [2.45, 2.75) is 31.7 Å². The van der Waals surface area contributed by atoms with Gasteiger partial charge >= 0.3 is 6.61 Å². The molecule has 0 spiro atoms. The van der Waals surface area contributed by atoms with Crippen LogP contribution in [0.2, 0.25) is 0 Å². The van der Waals surface area contributed by atoms with Crippen molar-refractivity contribution >= 4 is 23.4 Å². The fourth-order valence-corrected chi connectivity index (χ4v) is 3.30. The second-order valence-electron chi connectivity index (χ2n) is 6.26. The summed E-state index contributed by atoms with van der Waals surface area (Å²) in [5.74, 6) is 0.325. The van der Waals surface area contributed by atoms with Crippen molar-refractivity contribution in [1.29, 1.82) is 0 Å². The zero-order chi connectivity index (χ0) is 20.8. The average molecular weight is 419 g/mol. The molecule has 0 aliphatic rings. The van der Waals surface area contributed by atoms with Gasteiger partial charge in [-0.2, -0.15) is 8.78 Å². The summed E-state index contributed by atoms with van der Waals surface area (Å²) >= 11 is 1.14. The minimum atomic E-state index is -2.88.